The number of benzene rings is 2. The largest absolute Gasteiger partial charge is 0.475 e. The zero-order valence-electron chi connectivity index (χ0n) is 13.0. The molecule has 8 heteroatoms. The predicted octanol–water partition coefficient (Wildman–Crippen LogP) is 5.49. The quantitative estimate of drug-likeness (QED) is 0.649. The Morgan fingerprint density at radius 3 is 2.56 bits per heavy atom. The lowest BCUT2D eigenvalue weighted by atomic mass is 10.2. The molecule has 0 radical (unpaired) electrons. The van der Waals surface area contributed by atoms with Gasteiger partial charge in [0.2, 0.25) is 0 Å². The van der Waals surface area contributed by atoms with E-state index < -0.39 is 16.3 Å². The van der Waals surface area contributed by atoms with Gasteiger partial charge in [-0.1, -0.05) is 24.3 Å². The van der Waals surface area contributed by atoms with Crippen molar-refractivity contribution in [2.45, 2.75) is 17.3 Å². The smallest absolute Gasteiger partial charge is 0.355 e. The molecule has 0 aliphatic heterocycles. The molecule has 0 saturated carbocycles. The Morgan fingerprint density at radius 1 is 1.12 bits per heavy atom. The van der Waals surface area contributed by atoms with Crippen molar-refractivity contribution in [1.82, 2.24) is 4.98 Å². The number of thiazole rings is 1. The minimum absolute atomic E-state index is 0.158. The Balaban J connectivity index is 1.92. The molecule has 3 rings (SSSR count). The van der Waals surface area contributed by atoms with Gasteiger partial charge in [-0.2, -0.15) is 13.2 Å². The van der Waals surface area contributed by atoms with E-state index in [0.717, 1.165) is 16.3 Å². The average Bonchev–Trinajstić information content (AvgIpc) is 3.01. The van der Waals surface area contributed by atoms with E-state index in [2.05, 4.69) is 10.3 Å². The lowest BCUT2D eigenvalue weighted by molar-refractivity contribution is -0.0384. The van der Waals surface area contributed by atoms with Crippen molar-refractivity contribution >= 4 is 33.5 Å². The highest BCUT2D eigenvalue weighted by molar-refractivity contribution is 7.86. The first-order valence-electron chi connectivity index (χ1n) is 7.22. The number of rotatable bonds is 4. The van der Waals surface area contributed by atoms with Crippen LogP contribution in [0.15, 0.2) is 58.8 Å². The molecule has 1 atom stereocenters. The molecule has 0 aliphatic rings. The van der Waals surface area contributed by atoms with Crippen molar-refractivity contribution in [3.63, 3.8) is 0 Å². The summed E-state index contributed by atoms with van der Waals surface area (Å²) in [7, 11) is -3.10. The van der Waals surface area contributed by atoms with Crippen LogP contribution in [0.4, 0.5) is 24.5 Å². The van der Waals surface area contributed by atoms with Gasteiger partial charge in [0.05, 0.1) is 10.6 Å². The van der Waals surface area contributed by atoms with Crippen molar-refractivity contribution < 1.29 is 17.4 Å². The maximum atomic E-state index is 12.8. The summed E-state index contributed by atoms with van der Waals surface area (Å²) in [5.41, 5.74) is -2.29. The summed E-state index contributed by atoms with van der Waals surface area (Å²) in [5.74, 6) is 0. The summed E-state index contributed by atoms with van der Waals surface area (Å²) in [6.45, 7) is 1.89. The molecule has 130 valence electrons. The number of aromatic nitrogens is 1. The lowest BCUT2D eigenvalue weighted by Gasteiger charge is -2.13. The second-order valence-electron chi connectivity index (χ2n) is 5.21. The van der Waals surface area contributed by atoms with Gasteiger partial charge in [0.15, 0.2) is 10.8 Å². The van der Waals surface area contributed by atoms with E-state index >= 15 is 0 Å². The van der Waals surface area contributed by atoms with Crippen LogP contribution in [0.2, 0.25) is 0 Å². The van der Waals surface area contributed by atoms with Gasteiger partial charge in [-0.25, -0.2) is 9.19 Å². The monoisotopic (exact) mass is 382 g/mol. The molecule has 1 aromatic heterocycles. The molecule has 0 aliphatic carbocycles. The van der Waals surface area contributed by atoms with Crippen LogP contribution >= 0.6 is 11.3 Å². The summed E-state index contributed by atoms with van der Waals surface area (Å²) in [5, 5.41) is 5.68. The fourth-order valence-electron chi connectivity index (χ4n) is 2.23. The van der Waals surface area contributed by atoms with E-state index in [4.69, 9.17) is 0 Å². The third-order valence-electron chi connectivity index (χ3n) is 3.30. The zero-order valence-corrected chi connectivity index (χ0v) is 14.6. The maximum absolute atomic E-state index is 12.8. The molecule has 0 bridgehead atoms. The average molecular weight is 382 g/mol. The van der Waals surface area contributed by atoms with Crippen LogP contribution in [0.5, 0.6) is 0 Å². The molecule has 1 heterocycles. The fraction of sp³-hybridized carbons (Fsp3) is 0.118. The van der Waals surface area contributed by atoms with Gasteiger partial charge < -0.3 is 5.32 Å². The van der Waals surface area contributed by atoms with E-state index in [1.165, 1.54) is 29.5 Å². The van der Waals surface area contributed by atoms with Crippen LogP contribution < -0.4 is 5.32 Å². The molecule has 0 fully saturated rings. The summed E-state index contributed by atoms with van der Waals surface area (Å²) in [4.78, 5) is 4.10. The number of hydrogen-bond acceptors (Lipinski definition) is 4. The number of anilines is 2. The molecule has 0 saturated heterocycles. The highest BCUT2D eigenvalue weighted by Gasteiger charge is 2.39. The molecule has 3 nitrogen and oxygen atoms in total. The summed E-state index contributed by atoms with van der Waals surface area (Å²) in [6, 6.07) is 12.9. The van der Waals surface area contributed by atoms with Crippen molar-refractivity contribution in [2.75, 3.05) is 5.32 Å². The number of aryl methyl sites for hydroxylation is 1. The number of para-hydroxylation sites is 1. The van der Waals surface area contributed by atoms with Crippen molar-refractivity contribution in [3.05, 3.63) is 59.6 Å². The highest BCUT2D eigenvalue weighted by atomic mass is 32.2. The van der Waals surface area contributed by atoms with Gasteiger partial charge in [0.1, 0.15) is 5.01 Å². The number of halogens is 3. The summed E-state index contributed by atoms with van der Waals surface area (Å²) >= 11 is 1.49. The van der Waals surface area contributed by atoms with Gasteiger partial charge in [-0.15, -0.1) is 11.3 Å². The molecule has 1 N–H and O–H groups in total. The molecule has 25 heavy (non-hydrogen) atoms. The van der Waals surface area contributed by atoms with E-state index in [9.17, 15) is 17.4 Å². The van der Waals surface area contributed by atoms with E-state index in [0.29, 0.717) is 5.69 Å². The number of hydrogen-bond donors (Lipinski definition) is 1. The second kappa shape index (κ2) is 6.97. The molecule has 3 aromatic rings. The van der Waals surface area contributed by atoms with E-state index in [1.807, 2.05) is 18.4 Å². The first kappa shape index (κ1) is 17.6. The number of alkyl halides is 3. The SMILES string of the molecule is Cc1csc(-c2cccc(Nc3ccccc3S(=O)C(F)(F)F)c2)n1. The summed E-state index contributed by atoms with van der Waals surface area (Å²) < 4.78 is 50.1. The van der Waals surface area contributed by atoms with Crippen molar-refractivity contribution in [2.24, 2.45) is 0 Å². The van der Waals surface area contributed by atoms with Gasteiger partial charge in [-0.3, -0.25) is 0 Å². The molecular weight excluding hydrogens is 369 g/mol. The van der Waals surface area contributed by atoms with Crippen LogP contribution in [0.1, 0.15) is 5.69 Å². The Kier molecular flexibility index (Phi) is 4.91. The highest BCUT2D eigenvalue weighted by Crippen LogP contribution is 2.33. The number of nitrogens with one attached hydrogen (secondary N) is 1. The van der Waals surface area contributed by atoms with Crippen LogP contribution in [0, 0.1) is 6.92 Å². The molecule has 0 amide bonds. The van der Waals surface area contributed by atoms with Gasteiger partial charge in [0, 0.05) is 22.3 Å². The third-order valence-corrected chi connectivity index (χ3v) is 5.49. The second-order valence-corrected chi connectivity index (χ2v) is 7.51. The standard InChI is InChI=1S/C17H13F3N2OS2/c1-11-10-24-16(21-11)12-5-4-6-13(9-12)22-14-7-2-3-8-15(14)25(23)17(18,19)20/h2-10,22H,1H3. The van der Waals surface area contributed by atoms with Crippen LogP contribution in [0.3, 0.4) is 0 Å². The van der Waals surface area contributed by atoms with Crippen LogP contribution in [-0.2, 0) is 10.8 Å². The number of nitrogens with zero attached hydrogens (tertiary/aromatic N) is 1. The van der Waals surface area contributed by atoms with Crippen LogP contribution in [0.25, 0.3) is 10.6 Å². The molecule has 0 spiro atoms. The predicted molar refractivity (Wildman–Crippen MR) is 94.5 cm³/mol. The Hall–Kier alpha value is -2.19. The van der Waals surface area contributed by atoms with Gasteiger partial charge in [0.25, 0.3) is 0 Å². The molecular formula is C17H13F3N2OS2. The topological polar surface area (TPSA) is 42.0 Å². The van der Waals surface area contributed by atoms with E-state index in [-0.39, 0.29) is 10.6 Å². The first-order valence-corrected chi connectivity index (χ1v) is 9.25. The third kappa shape index (κ3) is 4.08. The van der Waals surface area contributed by atoms with Gasteiger partial charge >= 0.3 is 5.51 Å². The lowest BCUT2D eigenvalue weighted by Crippen LogP contribution is -2.17. The van der Waals surface area contributed by atoms with Crippen molar-refractivity contribution in [1.29, 1.82) is 0 Å². The first-order chi connectivity index (χ1) is 11.8. The van der Waals surface area contributed by atoms with Gasteiger partial charge in [-0.05, 0) is 31.2 Å². The Morgan fingerprint density at radius 2 is 1.88 bits per heavy atom. The van der Waals surface area contributed by atoms with E-state index in [1.54, 1.807) is 24.3 Å². The Bertz CT molecular complexity index is 922. The zero-order chi connectivity index (χ0) is 18.0. The fourth-order valence-corrected chi connectivity index (χ4v) is 3.79. The molecule has 1 unspecified atom stereocenters. The molecule has 2 aromatic carbocycles. The minimum atomic E-state index is -4.81. The minimum Gasteiger partial charge on any atom is -0.355 e. The summed E-state index contributed by atoms with van der Waals surface area (Å²) in [6.07, 6.45) is 0. The Labute approximate surface area is 149 Å². The maximum Gasteiger partial charge on any atom is 0.475 e. The normalized spacial score (nSPS) is 12.8. The van der Waals surface area contributed by atoms with Crippen molar-refractivity contribution in [3.8, 4) is 10.6 Å². The van der Waals surface area contributed by atoms with Crippen LogP contribution in [-0.4, -0.2) is 14.7 Å².